The molecule has 1 aliphatic carbocycles. The minimum atomic E-state index is -0.0317. The Bertz CT molecular complexity index is 669. The summed E-state index contributed by atoms with van der Waals surface area (Å²) < 4.78 is 0. The zero-order valence-corrected chi connectivity index (χ0v) is 11.4. The van der Waals surface area contributed by atoms with E-state index in [1.54, 1.807) is 6.07 Å². The summed E-state index contributed by atoms with van der Waals surface area (Å²) in [4.78, 5) is 19.1. The second-order valence-electron chi connectivity index (χ2n) is 5.49. The predicted molar refractivity (Wildman–Crippen MR) is 75.6 cm³/mol. The number of H-pyrrole nitrogens is 1. The van der Waals surface area contributed by atoms with Gasteiger partial charge in [-0.25, -0.2) is 4.98 Å². The Morgan fingerprint density at radius 1 is 1.21 bits per heavy atom. The van der Waals surface area contributed by atoms with Gasteiger partial charge >= 0.3 is 0 Å². The molecule has 1 heterocycles. The third kappa shape index (κ3) is 2.75. The SMILES string of the molecule is Cc1ccc(Cc2nc(C3CC3)cc(=O)[nH]2)cc1C. The first kappa shape index (κ1) is 12.2. The molecule has 1 aromatic heterocycles. The highest BCUT2D eigenvalue weighted by Crippen LogP contribution is 2.38. The van der Waals surface area contributed by atoms with Crippen LogP contribution in [0.15, 0.2) is 29.1 Å². The van der Waals surface area contributed by atoms with Crippen molar-refractivity contribution in [3.05, 3.63) is 62.8 Å². The standard InChI is InChI=1S/C16H18N2O/c1-10-3-4-12(7-11(10)2)8-15-17-14(13-5-6-13)9-16(19)18-15/h3-4,7,9,13H,5-6,8H2,1-2H3,(H,17,18,19). The Hall–Kier alpha value is -1.90. The quantitative estimate of drug-likeness (QED) is 0.915. The second kappa shape index (κ2) is 4.65. The van der Waals surface area contributed by atoms with E-state index >= 15 is 0 Å². The highest BCUT2D eigenvalue weighted by atomic mass is 16.1. The van der Waals surface area contributed by atoms with Crippen LogP contribution < -0.4 is 5.56 Å². The smallest absolute Gasteiger partial charge is 0.251 e. The van der Waals surface area contributed by atoms with Crippen LogP contribution in [0, 0.1) is 13.8 Å². The molecule has 19 heavy (non-hydrogen) atoms. The van der Waals surface area contributed by atoms with Gasteiger partial charge in [-0.3, -0.25) is 4.79 Å². The number of aromatic amines is 1. The summed E-state index contributed by atoms with van der Waals surface area (Å²) in [5.74, 6) is 1.29. The Morgan fingerprint density at radius 3 is 2.68 bits per heavy atom. The Balaban J connectivity index is 1.89. The van der Waals surface area contributed by atoms with Gasteiger partial charge in [0.15, 0.2) is 0 Å². The van der Waals surface area contributed by atoms with Gasteiger partial charge in [-0.2, -0.15) is 0 Å². The van der Waals surface area contributed by atoms with E-state index in [2.05, 4.69) is 42.0 Å². The van der Waals surface area contributed by atoms with Gasteiger partial charge in [0, 0.05) is 18.4 Å². The fraction of sp³-hybridized carbons (Fsp3) is 0.375. The van der Waals surface area contributed by atoms with E-state index < -0.39 is 0 Å². The monoisotopic (exact) mass is 254 g/mol. The highest BCUT2D eigenvalue weighted by Gasteiger charge is 2.25. The molecule has 3 nitrogen and oxygen atoms in total. The summed E-state index contributed by atoms with van der Waals surface area (Å²) in [6.07, 6.45) is 3.02. The zero-order chi connectivity index (χ0) is 13.4. The van der Waals surface area contributed by atoms with Crippen LogP contribution in [0.25, 0.3) is 0 Å². The van der Waals surface area contributed by atoms with Crippen LogP contribution in [0.5, 0.6) is 0 Å². The molecule has 0 bridgehead atoms. The highest BCUT2D eigenvalue weighted by molar-refractivity contribution is 5.31. The van der Waals surface area contributed by atoms with Crippen molar-refractivity contribution in [2.24, 2.45) is 0 Å². The molecule has 1 aliphatic rings. The van der Waals surface area contributed by atoms with Gasteiger partial charge in [-0.1, -0.05) is 18.2 Å². The Morgan fingerprint density at radius 2 is 2.00 bits per heavy atom. The van der Waals surface area contributed by atoms with Crippen LogP contribution in [0.1, 0.15) is 47.0 Å². The van der Waals surface area contributed by atoms with Crippen molar-refractivity contribution in [1.82, 2.24) is 9.97 Å². The van der Waals surface area contributed by atoms with Crippen LogP contribution >= 0.6 is 0 Å². The molecule has 0 saturated heterocycles. The molecule has 1 saturated carbocycles. The van der Waals surface area contributed by atoms with Crippen molar-refractivity contribution in [3.63, 3.8) is 0 Å². The van der Waals surface area contributed by atoms with Crippen molar-refractivity contribution >= 4 is 0 Å². The average molecular weight is 254 g/mol. The van der Waals surface area contributed by atoms with Gasteiger partial charge < -0.3 is 4.98 Å². The molecule has 0 amide bonds. The van der Waals surface area contributed by atoms with Gasteiger partial charge in [-0.15, -0.1) is 0 Å². The number of nitrogens with one attached hydrogen (secondary N) is 1. The lowest BCUT2D eigenvalue weighted by molar-refractivity contribution is 0.881. The molecule has 98 valence electrons. The fourth-order valence-electron chi connectivity index (χ4n) is 2.31. The van der Waals surface area contributed by atoms with E-state index in [1.165, 1.54) is 29.5 Å². The second-order valence-corrected chi connectivity index (χ2v) is 5.49. The molecule has 1 N–H and O–H groups in total. The van der Waals surface area contributed by atoms with Crippen LogP contribution in [0.3, 0.4) is 0 Å². The fourth-order valence-corrected chi connectivity index (χ4v) is 2.31. The van der Waals surface area contributed by atoms with Gasteiger partial charge in [0.25, 0.3) is 5.56 Å². The molecule has 0 aliphatic heterocycles. The van der Waals surface area contributed by atoms with E-state index in [4.69, 9.17) is 0 Å². The molecule has 2 aromatic rings. The molecule has 3 rings (SSSR count). The van der Waals surface area contributed by atoms with E-state index in [-0.39, 0.29) is 5.56 Å². The first-order chi connectivity index (χ1) is 9.11. The summed E-state index contributed by atoms with van der Waals surface area (Å²) in [7, 11) is 0. The molecule has 3 heteroatoms. The Labute approximate surface area is 112 Å². The lowest BCUT2D eigenvalue weighted by Gasteiger charge is -2.06. The summed E-state index contributed by atoms with van der Waals surface area (Å²) in [6, 6.07) is 8.03. The number of benzene rings is 1. The van der Waals surface area contributed by atoms with Crippen molar-refractivity contribution in [1.29, 1.82) is 0 Å². The third-order valence-corrected chi connectivity index (χ3v) is 3.75. The van der Waals surface area contributed by atoms with Crippen molar-refractivity contribution in [3.8, 4) is 0 Å². The third-order valence-electron chi connectivity index (χ3n) is 3.75. The summed E-state index contributed by atoms with van der Waals surface area (Å²) in [5, 5.41) is 0. The van der Waals surface area contributed by atoms with Crippen molar-refractivity contribution in [2.75, 3.05) is 0 Å². The number of nitrogens with zero attached hydrogens (tertiary/aromatic N) is 1. The first-order valence-electron chi connectivity index (χ1n) is 6.78. The van der Waals surface area contributed by atoms with Gasteiger partial charge in [0.1, 0.15) is 5.82 Å². The normalized spacial score (nSPS) is 14.6. The minimum absolute atomic E-state index is 0.0317. The summed E-state index contributed by atoms with van der Waals surface area (Å²) >= 11 is 0. The molecule has 1 aromatic carbocycles. The molecule has 0 unspecified atom stereocenters. The van der Waals surface area contributed by atoms with Crippen LogP contribution in [0.4, 0.5) is 0 Å². The predicted octanol–water partition coefficient (Wildman–Crippen LogP) is 2.85. The first-order valence-corrected chi connectivity index (χ1v) is 6.78. The molecule has 0 spiro atoms. The minimum Gasteiger partial charge on any atom is -0.310 e. The van der Waals surface area contributed by atoms with E-state index in [1.807, 2.05) is 0 Å². The summed E-state index contributed by atoms with van der Waals surface area (Å²) in [5.41, 5.74) is 4.69. The van der Waals surface area contributed by atoms with Gasteiger partial charge in [-0.05, 0) is 43.4 Å². The van der Waals surface area contributed by atoms with Gasteiger partial charge in [0.2, 0.25) is 0 Å². The van der Waals surface area contributed by atoms with Crippen LogP contribution in [-0.4, -0.2) is 9.97 Å². The lowest BCUT2D eigenvalue weighted by atomic mass is 10.0. The molecule has 1 fully saturated rings. The molecule has 0 radical (unpaired) electrons. The average Bonchev–Trinajstić information content (AvgIpc) is 3.17. The maximum atomic E-state index is 11.7. The number of aromatic nitrogens is 2. The molecular formula is C16H18N2O. The van der Waals surface area contributed by atoms with E-state index in [9.17, 15) is 4.79 Å². The van der Waals surface area contributed by atoms with Crippen molar-refractivity contribution < 1.29 is 0 Å². The van der Waals surface area contributed by atoms with Crippen molar-refractivity contribution in [2.45, 2.75) is 39.0 Å². The maximum Gasteiger partial charge on any atom is 0.251 e. The number of hydrogen-bond donors (Lipinski definition) is 1. The Kier molecular flexibility index (Phi) is 2.97. The zero-order valence-electron chi connectivity index (χ0n) is 11.4. The topological polar surface area (TPSA) is 45.8 Å². The number of hydrogen-bond acceptors (Lipinski definition) is 2. The van der Waals surface area contributed by atoms with Crippen LogP contribution in [0.2, 0.25) is 0 Å². The van der Waals surface area contributed by atoms with E-state index in [0.717, 1.165) is 11.5 Å². The lowest BCUT2D eigenvalue weighted by Crippen LogP contribution is -2.12. The van der Waals surface area contributed by atoms with Gasteiger partial charge in [0.05, 0.1) is 5.69 Å². The van der Waals surface area contributed by atoms with Crippen LogP contribution in [-0.2, 0) is 6.42 Å². The molecular weight excluding hydrogens is 236 g/mol. The molecule has 0 atom stereocenters. The number of rotatable bonds is 3. The largest absolute Gasteiger partial charge is 0.310 e. The van der Waals surface area contributed by atoms with E-state index in [0.29, 0.717) is 12.3 Å². The maximum absolute atomic E-state index is 11.7. The number of aryl methyl sites for hydroxylation is 2. The summed E-state index contributed by atoms with van der Waals surface area (Å²) in [6.45, 7) is 4.21.